The minimum Gasteiger partial charge on any atom is -0.494 e. The van der Waals surface area contributed by atoms with Crippen molar-refractivity contribution in [3.05, 3.63) is 108 Å². The van der Waals surface area contributed by atoms with Gasteiger partial charge in [-0.2, -0.15) is 0 Å². The Labute approximate surface area is 215 Å². The third-order valence-electron chi connectivity index (χ3n) is 6.05. The van der Waals surface area contributed by atoms with Gasteiger partial charge < -0.3 is 19.7 Å². The zero-order valence-electron chi connectivity index (χ0n) is 20.5. The topological polar surface area (TPSA) is 93.1 Å². The van der Waals surface area contributed by atoms with Crippen LogP contribution in [0.5, 0.6) is 11.5 Å². The molecule has 2 N–H and O–H groups in total. The monoisotopic (exact) mass is 496 g/mol. The van der Waals surface area contributed by atoms with E-state index in [1.165, 1.54) is 0 Å². The lowest BCUT2D eigenvalue weighted by molar-refractivity contribution is 0.0686. The number of aromatic carboxylic acids is 2. The Morgan fingerprint density at radius 2 is 0.946 bits per heavy atom. The lowest BCUT2D eigenvalue weighted by atomic mass is 10.0. The van der Waals surface area contributed by atoms with Gasteiger partial charge in [-0.25, -0.2) is 9.59 Å². The fraction of sp³-hybridized carbons (Fsp3) is 0.161. The first kappa shape index (κ1) is 25.5. The van der Waals surface area contributed by atoms with Gasteiger partial charge in [0.25, 0.3) is 0 Å². The summed E-state index contributed by atoms with van der Waals surface area (Å²) in [6.45, 7) is 3.26. The zero-order valence-corrected chi connectivity index (χ0v) is 20.5. The summed E-state index contributed by atoms with van der Waals surface area (Å²) in [7, 11) is 0. The molecule has 4 rings (SSSR count). The van der Waals surface area contributed by atoms with E-state index in [0.717, 1.165) is 40.2 Å². The Bertz CT molecular complexity index is 1320. The van der Waals surface area contributed by atoms with Gasteiger partial charge in [-0.05, 0) is 83.1 Å². The molecule has 1 atom stereocenters. The number of rotatable bonds is 11. The molecule has 0 spiro atoms. The van der Waals surface area contributed by atoms with Crippen LogP contribution in [0.25, 0.3) is 22.3 Å². The average molecular weight is 497 g/mol. The predicted octanol–water partition coefficient (Wildman–Crippen LogP) is 6.90. The SMILES string of the molecule is CC(CCOc1ccc(-c2ccc(C(=O)O)cc2)cc1)COc1ccc(-c2ccc(C(=O)O)cc2)cc1. The predicted molar refractivity (Wildman–Crippen MR) is 142 cm³/mol. The Hall–Kier alpha value is -4.58. The summed E-state index contributed by atoms with van der Waals surface area (Å²) in [6.07, 6.45) is 0.840. The molecule has 1 unspecified atom stereocenters. The Kier molecular flexibility index (Phi) is 8.21. The zero-order chi connectivity index (χ0) is 26.2. The van der Waals surface area contributed by atoms with Crippen molar-refractivity contribution in [1.82, 2.24) is 0 Å². The largest absolute Gasteiger partial charge is 0.494 e. The molecule has 0 aliphatic rings. The van der Waals surface area contributed by atoms with Crippen LogP contribution in [0.15, 0.2) is 97.1 Å². The van der Waals surface area contributed by atoms with Gasteiger partial charge in [-0.3, -0.25) is 0 Å². The summed E-state index contributed by atoms with van der Waals surface area (Å²) < 4.78 is 11.8. The van der Waals surface area contributed by atoms with Crippen LogP contribution in [0.2, 0.25) is 0 Å². The molecule has 0 saturated carbocycles. The van der Waals surface area contributed by atoms with E-state index in [2.05, 4.69) is 6.92 Å². The molecule has 0 aliphatic heterocycles. The molecule has 188 valence electrons. The number of carboxylic acids is 2. The third-order valence-corrected chi connectivity index (χ3v) is 6.05. The molecule has 0 fully saturated rings. The highest BCUT2D eigenvalue weighted by Crippen LogP contribution is 2.25. The Morgan fingerprint density at radius 3 is 1.32 bits per heavy atom. The van der Waals surface area contributed by atoms with E-state index in [9.17, 15) is 9.59 Å². The molecule has 6 nitrogen and oxygen atoms in total. The number of ether oxygens (including phenoxy) is 2. The van der Waals surface area contributed by atoms with Crippen molar-refractivity contribution >= 4 is 11.9 Å². The van der Waals surface area contributed by atoms with E-state index in [1.807, 2.05) is 48.5 Å². The highest BCUT2D eigenvalue weighted by atomic mass is 16.5. The molecule has 0 heterocycles. The third kappa shape index (κ3) is 6.98. The molecule has 0 radical (unpaired) electrons. The van der Waals surface area contributed by atoms with E-state index in [-0.39, 0.29) is 11.1 Å². The van der Waals surface area contributed by atoms with E-state index in [4.69, 9.17) is 19.7 Å². The number of carboxylic acid groups (broad SMARTS) is 2. The van der Waals surface area contributed by atoms with Crippen molar-refractivity contribution in [3.8, 4) is 33.8 Å². The first-order valence-electron chi connectivity index (χ1n) is 12.0. The highest BCUT2D eigenvalue weighted by molar-refractivity contribution is 5.89. The minimum atomic E-state index is -0.935. The van der Waals surface area contributed by atoms with Crippen LogP contribution >= 0.6 is 0 Å². The summed E-state index contributed by atoms with van der Waals surface area (Å²) in [5.41, 5.74) is 4.42. The van der Waals surface area contributed by atoms with Gasteiger partial charge in [0.05, 0.1) is 24.3 Å². The molecule has 4 aromatic carbocycles. The first-order chi connectivity index (χ1) is 17.9. The molecular formula is C31H28O6. The van der Waals surface area contributed by atoms with Crippen molar-refractivity contribution in [1.29, 1.82) is 0 Å². The first-order valence-corrected chi connectivity index (χ1v) is 12.0. The summed E-state index contributed by atoms with van der Waals surface area (Å²) in [5, 5.41) is 18.1. The molecule has 0 amide bonds. The second-order valence-corrected chi connectivity index (χ2v) is 8.87. The quantitative estimate of drug-likeness (QED) is 0.235. The van der Waals surface area contributed by atoms with E-state index in [0.29, 0.717) is 19.1 Å². The van der Waals surface area contributed by atoms with Gasteiger partial charge in [-0.1, -0.05) is 55.5 Å². The lowest BCUT2D eigenvalue weighted by Crippen LogP contribution is -2.12. The second kappa shape index (κ2) is 11.9. The van der Waals surface area contributed by atoms with Crippen LogP contribution in [-0.4, -0.2) is 35.4 Å². The molecule has 0 saturated heterocycles. The number of benzene rings is 4. The van der Waals surface area contributed by atoms with E-state index >= 15 is 0 Å². The summed E-state index contributed by atoms with van der Waals surface area (Å²) in [6, 6.07) is 29.1. The molecule has 4 aromatic rings. The summed E-state index contributed by atoms with van der Waals surface area (Å²) in [4.78, 5) is 22.0. The van der Waals surface area contributed by atoms with Crippen LogP contribution in [0.3, 0.4) is 0 Å². The van der Waals surface area contributed by atoms with E-state index < -0.39 is 11.9 Å². The Morgan fingerprint density at radius 1 is 0.595 bits per heavy atom. The molecule has 0 aliphatic carbocycles. The Balaban J connectivity index is 1.20. The summed E-state index contributed by atoms with van der Waals surface area (Å²) >= 11 is 0. The molecular weight excluding hydrogens is 468 g/mol. The maximum Gasteiger partial charge on any atom is 0.335 e. The van der Waals surface area contributed by atoms with Crippen LogP contribution < -0.4 is 9.47 Å². The number of hydrogen-bond donors (Lipinski definition) is 2. The standard InChI is InChI=1S/C31H28O6/c1-21(20-37-29-16-12-25(13-17-29)23-4-8-27(9-5-23)31(34)35)18-19-36-28-14-10-24(11-15-28)22-2-6-26(7-3-22)30(32)33/h2-17,21H,18-20H2,1H3,(H,32,33)(H,34,35). The van der Waals surface area contributed by atoms with Crippen LogP contribution in [-0.2, 0) is 0 Å². The van der Waals surface area contributed by atoms with Crippen molar-refractivity contribution in [3.63, 3.8) is 0 Å². The van der Waals surface area contributed by atoms with Gasteiger partial charge in [0.2, 0.25) is 0 Å². The fourth-order valence-corrected chi connectivity index (χ4v) is 3.80. The highest BCUT2D eigenvalue weighted by Gasteiger charge is 2.07. The van der Waals surface area contributed by atoms with E-state index in [1.54, 1.807) is 48.5 Å². The van der Waals surface area contributed by atoms with Crippen LogP contribution in [0.1, 0.15) is 34.1 Å². The maximum absolute atomic E-state index is 11.0. The van der Waals surface area contributed by atoms with Gasteiger partial charge >= 0.3 is 11.9 Å². The fourth-order valence-electron chi connectivity index (χ4n) is 3.80. The van der Waals surface area contributed by atoms with Gasteiger partial charge in [-0.15, -0.1) is 0 Å². The van der Waals surface area contributed by atoms with Gasteiger partial charge in [0.15, 0.2) is 0 Å². The molecule has 37 heavy (non-hydrogen) atoms. The molecule has 0 bridgehead atoms. The van der Waals surface area contributed by atoms with Crippen LogP contribution in [0, 0.1) is 5.92 Å². The number of hydrogen-bond acceptors (Lipinski definition) is 4. The minimum absolute atomic E-state index is 0.267. The van der Waals surface area contributed by atoms with Gasteiger partial charge in [0, 0.05) is 0 Å². The second-order valence-electron chi connectivity index (χ2n) is 8.87. The smallest absolute Gasteiger partial charge is 0.335 e. The van der Waals surface area contributed by atoms with Gasteiger partial charge in [0.1, 0.15) is 11.5 Å². The average Bonchev–Trinajstić information content (AvgIpc) is 2.93. The van der Waals surface area contributed by atoms with Crippen molar-refractivity contribution in [2.75, 3.05) is 13.2 Å². The van der Waals surface area contributed by atoms with Crippen molar-refractivity contribution in [2.24, 2.45) is 5.92 Å². The molecule has 6 heteroatoms. The lowest BCUT2D eigenvalue weighted by Gasteiger charge is -2.14. The summed E-state index contributed by atoms with van der Waals surface area (Å²) in [5.74, 6) is -0.00320. The van der Waals surface area contributed by atoms with Crippen LogP contribution in [0.4, 0.5) is 0 Å². The van der Waals surface area contributed by atoms with Crippen molar-refractivity contribution < 1.29 is 29.3 Å². The van der Waals surface area contributed by atoms with Crippen molar-refractivity contribution in [2.45, 2.75) is 13.3 Å². The molecule has 0 aromatic heterocycles. The maximum atomic E-state index is 11.0. The number of carbonyl (C=O) groups is 2. The normalized spacial score (nSPS) is 11.5.